The van der Waals surface area contributed by atoms with E-state index < -0.39 is 15.7 Å². The van der Waals surface area contributed by atoms with Gasteiger partial charge in [0.2, 0.25) is 0 Å². The Bertz CT molecular complexity index is 1230. The average molecular weight is 459 g/mol. The van der Waals surface area contributed by atoms with Gasteiger partial charge in [0.15, 0.2) is 0 Å². The number of halogens is 2. The van der Waals surface area contributed by atoms with E-state index in [4.69, 9.17) is 4.78 Å². The maximum atomic E-state index is 14.0. The number of aromatic amines is 1. The maximum absolute atomic E-state index is 14.0. The van der Waals surface area contributed by atoms with E-state index in [1.165, 1.54) is 0 Å². The van der Waals surface area contributed by atoms with E-state index in [-0.39, 0.29) is 24.8 Å². The van der Waals surface area contributed by atoms with Crippen molar-refractivity contribution < 1.29 is 13.0 Å². The van der Waals surface area contributed by atoms with E-state index in [0.717, 1.165) is 35.0 Å². The third-order valence-corrected chi connectivity index (χ3v) is 9.20. The molecule has 170 valence electrons. The summed E-state index contributed by atoms with van der Waals surface area (Å²) >= 11 is 0. The number of hydrogen-bond donors (Lipinski definition) is 2. The first-order chi connectivity index (χ1) is 15.1. The van der Waals surface area contributed by atoms with E-state index in [1.54, 1.807) is 23.1 Å². The largest absolute Gasteiger partial charge is 0.365 e. The SMILES string of the molecule is CN(C)C1CC(S(=N)(=O)c2ccc(N3CCC(F)(F)C3)c(-c3cc4ccccc4[nH]3)c2)C1. The fraction of sp³-hybridized carbons (Fsp3) is 0.417. The Labute approximate surface area is 187 Å². The van der Waals surface area contributed by atoms with Gasteiger partial charge in [0.05, 0.1) is 21.5 Å². The Morgan fingerprint density at radius 2 is 1.91 bits per heavy atom. The van der Waals surface area contributed by atoms with Crippen LogP contribution in [0.5, 0.6) is 0 Å². The van der Waals surface area contributed by atoms with Gasteiger partial charge < -0.3 is 14.8 Å². The van der Waals surface area contributed by atoms with Crippen LogP contribution in [0.15, 0.2) is 53.4 Å². The third-order valence-electron chi connectivity index (χ3n) is 6.92. The fourth-order valence-corrected chi connectivity index (χ4v) is 6.71. The number of para-hydroxylation sites is 1. The van der Waals surface area contributed by atoms with Gasteiger partial charge in [-0.05, 0) is 57.3 Å². The summed E-state index contributed by atoms with van der Waals surface area (Å²) in [6, 6.07) is 15.5. The van der Waals surface area contributed by atoms with Crippen molar-refractivity contribution in [2.75, 3.05) is 32.1 Å². The highest BCUT2D eigenvalue weighted by Crippen LogP contribution is 2.41. The van der Waals surface area contributed by atoms with Crippen LogP contribution in [0.1, 0.15) is 19.3 Å². The molecule has 0 radical (unpaired) electrons. The normalized spacial score (nSPS) is 24.6. The van der Waals surface area contributed by atoms with Gasteiger partial charge in [-0.3, -0.25) is 0 Å². The van der Waals surface area contributed by atoms with Crippen LogP contribution >= 0.6 is 0 Å². The molecule has 2 aromatic carbocycles. The molecule has 3 aromatic rings. The molecule has 0 spiro atoms. The molecule has 2 fully saturated rings. The minimum absolute atomic E-state index is 0.177. The van der Waals surface area contributed by atoms with Crippen molar-refractivity contribution in [2.24, 2.45) is 0 Å². The van der Waals surface area contributed by atoms with Gasteiger partial charge in [0.25, 0.3) is 5.92 Å². The monoisotopic (exact) mass is 458 g/mol. The summed E-state index contributed by atoms with van der Waals surface area (Å²) < 4.78 is 50.2. The molecule has 2 heterocycles. The minimum Gasteiger partial charge on any atom is -0.365 e. The number of rotatable bonds is 5. The van der Waals surface area contributed by atoms with Crippen LogP contribution in [0, 0.1) is 4.78 Å². The Hall–Kier alpha value is -2.45. The molecule has 1 atom stereocenters. The molecule has 2 N–H and O–H groups in total. The Balaban J connectivity index is 1.57. The molecule has 1 aromatic heterocycles. The van der Waals surface area contributed by atoms with Gasteiger partial charge in [-0.2, -0.15) is 0 Å². The van der Waals surface area contributed by atoms with Gasteiger partial charge in [-0.15, -0.1) is 0 Å². The van der Waals surface area contributed by atoms with Gasteiger partial charge in [-0.1, -0.05) is 18.2 Å². The highest BCUT2D eigenvalue weighted by atomic mass is 32.2. The van der Waals surface area contributed by atoms with Gasteiger partial charge >= 0.3 is 0 Å². The summed E-state index contributed by atoms with van der Waals surface area (Å²) in [5.74, 6) is -2.72. The number of alkyl halides is 2. The van der Waals surface area contributed by atoms with Crippen LogP contribution in [0.25, 0.3) is 22.2 Å². The predicted molar refractivity (Wildman–Crippen MR) is 125 cm³/mol. The molecule has 0 bridgehead atoms. The first-order valence-electron chi connectivity index (χ1n) is 10.9. The van der Waals surface area contributed by atoms with E-state index >= 15 is 0 Å². The van der Waals surface area contributed by atoms with Crippen LogP contribution in [0.3, 0.4) is 0 Å². The van der Waals surface area contributed by atoms with Gasteiger partial charge in [0, 0.05) is 51.8 Å². The predicted octanol–water partition coefficient (Wildman–Crippen LogP) is 5.18. The molecule has 8 heteroatoms. The summed E-state index contributed by atoms with van der Waals surface area (Å²) in [6.45, 7) is -0.0636. The zero-order chi connectivity index (χ0) is 22.7. The minimum atomic E-state index is -3.00. The second-order valence-electron chi connectivity index (χ2n) is 9.29. The Morgan fingerprint density at radius 3 is 2.56 bits per heavy atom. The number of anilines is 1. The third kappa shape index (κ3) is 3.69. The van der Waals surface area contributed by atoms with Crippen LogP contribution in [0.2, 0.25) is 0 Å². The van der Waals surface area contributed by atoms with Crippen molar-refractivity contribution in [3.8, 4) is 11.3 Å². The van der Waals surface area contributed by atoms with Crippen LogP contribution in [0.4, 0.5) is 14.5 Å². The van der Waals surface area contributed by atoms with Crippen molar-refractivity contribution in [2.45, 2.75) is 41.4 Å². The van der Waals surface area contributed by atoms with E-state index in [0.29, 0.717) is 16.6 Å². The van der Waals surface area contributed by atoms with Gasteiger partial charge in [0.1, 0.15) is 0 Å². The van der Waals surface area contributed by atoms with E-state index in [2.05, 4.69) is 9.88 Å². The number of benzene rings is 2. The molecule has 1 saturated heterocycles. The molecule has 1 saturated carbocycles. The number of nitrogens with one attached hydrogen (secondary N) is 2. The topological polar surface area (TPSA) is 63.2 Å². The van der Waals surface area contributed by atoms with E-state index in [1.807, 2.05) is 44.4 Å². The highest BCUT2D eigenvalue weighted by Gasteiger charge is 2.40. The molecular formula is C24H28F2N4OS. The van der Waals surface area contributed by atoms with Crippen molar-refractivity contribution in [3.63, 3.8) is 0 Å². The van der Waals surface area contributed by atoms with Crippen molar-refractivity contribution in [1.29, 1.82) is 4.78 Å². The zero-order valence-corrected chi connectivity index (χ0v) is 19.1. The first-order valence-corrected chi connectivity index (χ1v) is 12.6. The lowest BCUT2D eigenvalue weighted by molar-refractivity contribution is 0.0257. The van der Waals surface area contributed by atoms with Crippen LogP contribution in [-0.4, -0.2) is 58.5 Å². The summed E-state index contributed by atoms with van der Waals surface area (Å²) in [5.41, 5.74) is 3.14. The second-order valence-corrected chi connectivity index (χ2v) is 11.6. The number of aromatic nitrogens is 1. The number of nitrogens with zero attached hydrogens (tertiary/aromatic N) is 2. The first kappa shape index (κ1) is 21.4. The zero-order valence-electron chi connectivity index (χ0n) is 18.3. The van der Waals surface area contributed by atoms with E-state index in [9.17, 15) is 13.0 Å². The molecule has 32 heavy (non-hydrogen) atoms. The Kier molecular flexibility index (Phi) is 5.05. The number of fused-ring (bicyclic) bond motifs is 1. The lowest BCUT2D eigenvalue weighted by Gasteiger charge is -2.40. The van der Waals surface area contributed by atoms with Crippen molar-refractivity contribution in [3.05, 3.63) is 48.5 Å². The summed E-state index contributed by atoms with van der Waals surface area (Å²) in [7, 11) is 1.00. The molecule has 1 aliphatic heterocycles. The molecular weight excluding hydrogens is 430 g/mol. The summed E-state index contributed by atoms with van der Waals surface area (Å²) in [6.07, 6.45) is 1.29. The lowest BCUT2D eigenvalue weighted by Crippen LogP contribution is -2.46. The van der Waals surface area contributed by atoms with Crippen LogP contribution in [-0.2, 0) is 9.73 Å². The Morgan fingerprint density at radius 1 is 1.16 bits per heavy atom. The fourth-order valence-electron chi connectivity index (χ4n) is 4.78. The molecule has 1 unspecified atom stereocenters. The highest BCUT2D eigenvalue weighted by molar-refractivity contribution is 7.93. The van der Waals surface area contributed by atoms with Crippen molar-refractivity contribution in [1.82, 2.24) is 9.88 Å². The van der Waals surface area contributed by atoms with Crippen LogP contribution < -0.4 is 4.90 Å². The molecule has 5 nitrogen and oxygen atoms in total. The lowest BCUT2D eigenvalue weighted by atomic mass is 9.91. The summed E-state index contributed by atoms with van der Waals surface area (Å²) in [5, 5.41) is 0.831. The molecule has 1 aliphatic carbocycles. The van der Waals surface area contributed by atoms with Crippen molar-refractivity contribution >= 4 is 26.3 Å². The quantitative estimate of drug-likeness (QED) is 0.554. The molecule has 0 amide bonds. The molecule has 2 aliphatic rings. The standard InChI is InChI=1S/C24H28F2N4OS/c1-29(2)17-12-19(13-17)32(27,31)18-7-8-23(30-10-9-24(25,26)15-30)20(14-18)22-11-16-5-3-4-6-21(16)28-22/h3-8,11,14,17,19,27-28H,9-10,12-13,15H2,1-2H3. The van der Waals surface area contributed by atoms with Gasteiger partial charge in [-0.25, -0.2) is 17.8 Å². The second kappa shape index (κ2) is 7.56. The maximum Gasteiger partial charge on any atom is 0.266 e. The number of H-pyrrole nitrogens is 1. The molecule has 5 rings (SSSR count). The summed E-state index contributed by atoms with van der Waals surface area (Å²) in [4.78, 5) is 7.66. The average Bonchev–Trinajstić information content (AvgIpc) is 3.28. The smallest absolute Gasteiger partial charge is 0.266 e. The number of hydrogen-bond acceptors (Lipinski definition) is 4.